The lowest BCUT2D eigenvalue weighted by Gasteiger charge is -2.02. The normalized spacial score (nSPS) is 10.6. The summed E-state index contributed by atoms with van der Waals surface area (Å²) in [5, 5.41) is 0.492. The van der Waals surface area contributed by atoms with Gasteiger partial charge in [0.2, 0.25) is 0 Å². The van der Waals surface area contributed by atoms with Gasteiger partial charge in [0.25, 0.3) is 0 Å². The summed E-state index contributed by atoms with van der Waals surface area (Å²) in [7, 11) is 0. The molecule has 0 aliphatic heterocycles. The number of aromatic nitrogens is 2. The van der Waals surface area contributed by atoms with E-state index in [0.717, 1.165) is 22.3 Å². The van der Waals surface area contributed by atoms with Crippen molar-refractivity contribution in [1.29, 1.82) is 0 Å². The predicted molar refractivity (Wildman–Crippen MR) is 70.0 cm³/mol. The fourth-order valence-electron chi connectivity index (χ4n) is 1.75. The first-order valence-corrected chi connectivity index (χ1v) is 5.69. The molecule has 82 valence electrons. The topological polar surface area (TPSA) is 25.8 Å². The molecular formula is C14H9ClN2. The summed E-state index contributed by atoms with van der Waals surface area (Å²) in [5.41, 5.74) is 3.72. The first-order chi connectivity index (χ1) is 8.33. The van der Waals surface area contributed by atoms with E-state index in [1.807, 2.05) is 48.5 Å². The highest BCUT2D eigenvalue weighted by atomic mass is 35.5. The Bertz CT molecular complexity index is 665. The van der Waals surface area contributed by atoms with E-state index in [0.29, 0.717) is 5.15 Å². The second kappa shape index (κ2) is 4.15. The zero-order valence-electron chi connectivity index (χ0n) is 8.97. The Morgan fingerprint density at radius 3 is 2.24 bits per heavy atom. The van der Waals surface area contributed by atoms with Gasteiger partial charge in [0, 0.05) is 5.56 Å². The molecule has 0 spiro atoms. The summed E-state index contributed by atoms with van der Waals surface area (Å²) in [5.74, 6) is 0. The van der Waals surface area contributed by atoms with Crippen molar-refractivity contribution >= 4 is 22.6 Å². The molecular weight excluding hydrogens is 232 g/mol. The molecule has 3 aromatic rings. The van der Waals surface area contributed by atoms with Gasteiger partial charge in [0.15, 0.2) is 0 Å². The van der Waals surface area contributed by atoms with E-state index in [4.69, 9.17) is 11.6 Å². The molecule has 0 saturated heterocycles. The monoisotopic (exact) mass is 240 g/mol. The molecule has 1 aromatic carbocycles. The van der Waals surface area contributed by atoms with Crippen LogP contribution in [-0.2, 0) is 0 Å². The largest absolute Gasteiger partial charge is 0.246 e. The molecule has 0 radical (unpaired) electrons. The Balaban J connectivity index is 2.17. The van der Waals surface area contributed by atoms with Crippen molar-refractivity contribution in [3.05, 3.63) is 59.8 Å². The van der Waals surface area contributed by atoms with Crippen LogP contribution in [0.3, 0.4) is 0 Å². The minimum absolute atomic E-state index is 0.492. The first kappa shape index (κ1) is 10.2. The zero-order chi connectivity index (χ0) is 11.7. The van der Waals surface area contributed by atoms with Gasteiger partial charge in [-0.3, -0.25) is 0 Å². The van der Waals surface area contributed by atoms with E-state index in [1.54, 1.807) is 6.07 Å². The van der Waals surface area contributed by atoms with Crippen molar-refractivity contribution in [3.63, 3.8) is 0 Å². The van der Waals surface area contributed by atoms with Crippen LogP contribution in [0.2, 0.25) is 5.15 Å². The minimum atomic E-state index is 0.492. The molecule has 0 bridgehead atoms. The smallest absolute Gasteiger partial charge is 0.129 e. The van der Waals surface area contributed by atoms with Gasteiger partial charge in [0.1, 0.15) is 5.15 Å². The molecule has 0 atom stereocenters. The summed E-state index contributed by atoms with van der Waals surface area (Å²) in [4.78, 5) is 8.78. The number of hydrogen-bond acceptors (Lipinski definition) is 2. The fraction of sp³-hybridized carbons (Fsp3) is 0. The highest BCUT2D eigenvalue weighted by Crippen LogP contribution is 2.20. The SMILES string of the molecule is Clc1ccc2nc(-c3ccccc3)ccc2n1. The van der Waals surface area contributed by atoms with Crippen LogP contribution < -0.4 is 0 Å². The van der Waals surface area contributed by atoms with E-state index in [2.05, 4.69) is 9.97 Å². The van der Waals surface area contributed by atoms with Crippen LogP contribution in [0.5, 0.6) is 0 Å². The third-order valence-electron chi connectivity index (χ3n) is 2.58. The minimum Gasteiger partial charge on any atom is -0.246 e. The summed E-state index contributed by atoms with van der Waals surface area (Å²) >= 11 is 5.84. The van der Waals surface area contributed by atoms with E-state index in [1.165, 1.54) is 0 Å². The molecule has 3 rings (SSSR count). The van der Waals surface area contributed by atoms with Gasteiger partial charge in [-0.1, -0.05) is 41.9 Å². The highest BCUT2D eigenvalue weighted by molar-refractivity contribution is 6.29. The molecule has 0 N–H and O–H groups in total. The molecule has 2 heterocycles. The lowest BCUT2D eigenvalue weighted by atomic mass is 10.1. The maximum atomic E-state index is 5.84. The first-order valence-electron chi connectivity index (χ1n) is 5.32. The van der Waals surface area contributed by atoms with E-state index in [-0.39, 0.29) is 0 Å². The number of benzene rings is 1. The lowest BCUT2D eigenvalue weighted by Crippen LogP contribution is -1.87. The van der Waals surface area contributed by atoms with Crippen LogP contribution in [0.15, 0.2) is 54.6 Å². The van der Waals surface area contributed by atoms with Gasteiger partial charge >= 0.3 is 0 Å². The summed E-state index contributed by atoms with van der Waals surface area (Å²) < 4.78 is 0. The Morgan fingerprint density at radius 1 is 0.706 bits per heavy atom. The molecule has 2 nitrogen and oxygen atoms in total. The average molecular weight is 241 g/mol. The third kappa shape index (κ3) is 1.99. The van der Waals surface area contributed by atoms with Crippen LogP contribution in [0.1, 0.15) is 0 Å². The van der Waals surface area contributed by atoms with Gasteiger partial charge in [0.05, 0.1) is 16.7 Å². The second-order valence-corrected chi connectivity index (χ2v) is 4.12. The van der Waals surface area contributed by atoms with Crippen LogP contribution in [0.25, 0.3) is 22.3 Å². The number of nitrogens with zero attached hydrogens (tertiary/aromatic N) is 2. The average Bonchev–Trinajstić information content (AvgIpc) is 2.39. The van der Waals surface area contributed by atoms with E-state index >= 15 is 0 Å². The number of hydrogen-bond donors (Lipinski definition) is 0. The van der Waals surface area contributed by atoms with Crippen LogP contribution >= 0.6 is 11.6 Å². The van der Waals surface area contributed by atoms with Gasteiger partial charge in [-0.2, -0.15) is 0 Å². The number of fused-ring (bicyclic) bond motifs is 1. The second-order valence-electron chi connectivity index (χ2n) is 3.73. The maximum Gasteiger partial charge on any atom is 0.129 e. The Labute approximate surface area is 104 Å². The van der Waals surface area contributed by atoms with Crippen molar-refractivity contribution in [2.45, 2.75) is 0 Å². The zero-order valence-corrected chi connectivity index (χ0v) is 9.72. The number of pyridine rings is 2. The standard InChI is InChI=1S/C14H9ClN2/c15-14-9-8-12-13(17-14)7-6-11(16-12)10-4-2-1-3-5-10/h1-9H. The molecule has 17 heavy (non-hydrogen) atoms. The molecule has 0 aliphatic rings. The quantitative estimate of drug-likeness (QED) is 0.602. The van der Waals surface area contributed by atoms with E-state index in [9.17, 15) is 0 Å². The number of rotatable bonds is 1. The molecule has 2 aromatic heterocycles. The molecule has 0 saturated carbocycles. The number of halogens is 1. The Morgan fingerprint density at radius 2 is 1.41 bits per heavy atom. The fourth-order valence-corrected chi connectivity index (χ4v) is 1.91. The Kier molecular flexibility index (Phi) is 2.50. The predicted octanol–water partition coefficient (Wildman–Crippen LogP) is 3.95. The summed E-state index contributed by atoms with van der Waals surface area (Å²) in [6, 6.07) is 17.6. The van der Waals surface area contributed by atoms with Crippen molar-refractivity contribution in [2.75, 3.05) is 0 Å². The van der Waals surface area contributed by atoms with Crippen molar-refractivity contribution in [1.82, 2.24) is 9.97 Å². The molecule has 3 heteroatoms. The van der Waals surface area contributed by atoms with Crippen molar-refractivity contribution in [3.8, 4) is 11.3 Å². The summed E-state index contributed by atoms with van der Waals surface area (Å²) in [6.45, 7) is 0. The molecule has 0 aliphatic carbocycles. The van der Waals surface area contributed by atoms with Gasteiger partial charge in [-0.25, -0.2) is 9.97 Å². The van der Waals surface area contributed by atoms with Crippen LogP contribution in [-0.4, -0.2) is 9.97 Å². The van der Waals surface area contributed by atoms with Gasteiger partial charge in [-0.05, 0) is 24.3 Å². The third-order valence-corrected chi connectivity index (χ3v) is 2.79. The Hall–Kier alpha value is -1.93. The van der Waals surface area contributed by atoms with Crippen LogP contribution in [0, 0.1) is 0 Å². The maximum absolute atomic E-state index is 5.84. The molecule has 0 amide bonds. The highest BCUT2D eigenvalue weighted by Gasteiger charge is 2.02. The summed E-state index contributed by atoms with van der Waals surface area (Å²) in [6.07, 6.45) is 0. The van der Waals surface area contributed by atoms with Crippen molar-refractivity contribution < 1.29 is 0 Å². The van der Waals surface area contributed by atoms with Gasteiger partial charge < -0.3 is 0 Å². The van der Waals surface area contributed by atoms with E-state index < -0.39 is 0 Å². The lowest BCUT2D eigenvalue weighted by molar-refractivity contribution is 1.33. The van der Waals surface area contributed by atoms with Gasteiger partial charge in [-0.15, -0.1) is 0 Å². The van der Waals surface area contributed by atoms with Crippen LogP contribution in [0.4, 0.5) is 0 Å². The molecule has 0 unspecified atom stereocenters. The van der Waals surface area contributed by atoms with Crippen molar-refractivity contribution in [2.24, 2.45) is 0 Å². The molecule has 0 fully saturated rings.